The molecule has 1 aromatic heterocycles. The van der Waals surface area contributed by atoms with Crippen molar-refractivity contribution in [3.8, 4) is 5.69 Å². The molecule has 0 fully saturated rings. The third kappa shape index (κ3) is 4.78. The van der Waals surface area contributed by atoms with E-state index in [1.54, 1.807) is 22.9 Å². The quantitative estimate of drug-likeness (QED) is 0.576. The molecule has 3 rings (SSSR count). The Balaban J connectivity index is 1.56. The van der Waals surface area contributed by atoms with Crippen molar-refractivity contribution in [1.29, 1.82) is 0 Å². The molecule has 3 aromatic rings. The summed E-state index contributed by atoms with van der Waals surface area (Å²) in [7, 11) is -3.69. The van der Waals surface area contributed by atoms with Crippen LogP contribution in [0.5, 0.6) is 0 Å². The molecule has 0 saturated carbocycles. The van der Waals surface area contributed by atoms with Crippen LogP contribution in [0.25, 0.3) is 5.69 Å². The highest BCUT2D eigenvalue weighted by atomic mass is 35.5. The molecule has 146 valence electrons. The van der Waals surface area contributed by atoms with Gasteiger partial charge in [0.2, 0.25) is 10.0 Å². The molecule has 1 heterocycles. The van der Waals surface area contributed by atoms with E-state index in [1.807, 2.05) is 37.3 Å². The van der Waals surface area contributed by atoms with Crippen molar-refractivity contribution in [2.75, 3.05) is 13.1 Å². The number of amides is 1. The fraction of sp³-hybridized carbons (Fsp3) is 0.158. The summed E-state index contributed by atoms with van der Waals surface area (Å²) in [5.74, 6) is -0.375. The Bertz CT molecular complexity index is 1080. The lowest BCUT2D eigenvalue weighted by Gasteiger charge is -2.07. The summed E-state index contributed by atoms with van der Waals surface area (Å²) in [5, 5.41) is 7.31. The van der Waals surface area contributed by atoms with Gasteiger partial charge >= 0.3 is 0 Å². The standard InChI is InChI=1S/C19H19ClN4O3S/c1-14-12-18(23-24(14)16-7-3-2-4-8-16)19(25)21-10-11-22-28(26,27)17-9-5-6-15(20)13-17/h2-9,12-13,22H,10-11H2,1H3,(H,21,25). The molecule has 28 heavy (non-hydrogen) atoms. The second-order valence-electron chi connectivity index (χ2n) is 6.03. The number of sulfonamides is 1. The molecule has 2 aromatic carbocycles. The fourth-order valence-electron chi connectivity index (χ4n) is 2.59. The number of benzene rings is 2. The Kier molecular flexibility index (Phi) is 6.13. The van der Waals surface area contributed by atoms with Crippen molar-refractivity contribution in [2.45, 2.75) is 11.8 Å². The number of hydrogen-bond donors (Lipinski definition) is 2. The molecular weight excluding hydrogens is 400 g/mol. The van der Waals surface area contributed by atoms with Crippen molar-refractivity contribution >= 4 is 27.5 Å². The van der Waals surface area contributed by atoms with Gasteiger partial charge in [-0.25, -0.2) is 17.8 Å². The number of aromatic nitrogens is 2. The third-order valence-corrected chi connectivity index (χ3v) is 5.62. The van der Waals surface area contributed by atoms with Crippen LogP contribution in [0.3, 0.4) is 0 Å². The van der Waals surface area contributed by atoms with Crippen LogP contribution in [0, 0.1) is 6.92 Å². The van der Waals surface area contributed by atoms with Gasteiger partial charge in [0.05, 0.1) is 10.6 Å². The molecule has 0 aliphatic carbocycles. The van der Waals surface area contributed by atoms with Gasteiger partial charge in [0.25, 0.3) is 5.91 Å². The van der Waals surface area contributed by atoms with Crippen molar-refractivity contribution in [2.24, 2.45) is 0 Å². The monoisotopic (exact) mass is 418 g/mol. The smallest absolute Gasteiger partial charge is 0.271 e. The maximum absolute atomic E-state index is 12.3. The maximum Gasteiger partial charge on any atom is 0.271 e. The minimum absolute atomic E-state index is 0.0406. The number of rotatable bonds is 7. The SMILES string of the molecule is Cc1cc(C(=O)NCCNS(=O)(=O)c2cccc(Cl)c2)nn1-c1ccccc1. The zero-order chi connectivity index (χ0) is 20.1. The van der Waals surface area contributed by atoms with Crippen LogP contribution >= 0.6 is 11.6 Å². The van der Waals surface area contributed by atoms with Gasteiger partial charge in [-0.1, -0.05) is 35.9 Å². The Morgan fingerprint density at radius 2 is 1.82 bits per heavy atom. The largest absolute Gasteiger partial charge is 0.349 e. The normalized spacial score (nSPS) is 11.4. The summed E-state index contributed by atoms with van der Waals surface area (Å²) in [6.07, 6.45) is 0. The molecule has 1 amide bonds. The fourth-order valence-corrected chi connectivity index (χ4v) is 3.92. The number of halogens is 1. The van der Waals surface area contributed by atoms with E-state index in [1.165, 1.54) is 12.1 Å². The van der Waals surface area contributed by atoms with Crippen molar-refractivity contribution in [3.63, 3.8) is 0 Å². The number of nitrogens with zero attached hydrogens (tertiary/aromatic N) is 2. The summed E-state index contributed by atoms with van der Waals surface area (Å²) < 4.78 is 28.5. The van der Waals surface area contributed by atoms with Gasteiger partial charge in [-0.3, -0.25) is 4.79 Å². The number of para-hydroxylation sites is 1. The molecule has 0 unspecified atom stereocenters. The third-order valence-electron chi connectivity index (χ3n) is 3.93. The van der Waals surface area contributed by atoms with Crippen LogP contribution < -0.4 is 10.0 Å². The summed E-state index contributed by atoms with van der Waals surface area (Å²) >= 11 is 5.82. The molecule has 0 bridgehead atoms. The zero-order valence-electron chi connectivity index (χ0n) is 15.1. The van der Waals surface area contributed by atoms with Crippen LogP contribution in [-0.4, -0.2) is 37.2 Å². The molecule has 0 aliphatic heterocycles. The maximum atomic E-state index is 12.3. The van der Waals surface area contributed by atoms with E-state index in [4.69, 9.17) is 11.6 Å². The van der Waals surface area contributed by atoms with Crippen molar-refractivity contribution in [3.05, 3.63) is 77.1 Å². The molecule has 0 aliphatic rings. The minimum Gasteiger partial charge on any atom is -0.349 e. The van der Waals surface area contributed by atoms with Crippen LogP contribution in [0.4, 0.5) is 0 Å². The van der Waals surface area contributed by atoms with Crippen molar-refractivity contribution in [1.82, 2.24) is 19.8 Å². The Morgan fingerprint density at radius 3 is 2.54 bits per heavy atom. The first-order valence-corrected chi connectivity index (χ1v) is 10.4. The average Bonchev–Trinajstić information content (AvgIpc) is 3.07. The lowest BCUT2D eigenvalue weighted by atomic mass is 10.3. The highest BCUT2D eigenvalue weighted by molar-refractivity contribution is 7.89. The minimum atomic E-state index is -3.69. The van der Waals surface area contributed by atoms with E-state index in [0.717, 1.165) is 11.4 Å². The first-order chi connectivity index (χ1) is 13.4. The van der Waals surface area contributed by atoms with E-state index in [9.17, 15) is 13.2 Å². The lowest BCUT2D eigenvalue weighted by Crippen LogP contribution is -2.34. The number of nitrogens with one attached hydrogen (secondary N) is 2. The molecule has 2 N–H and O–H groups in total. The number of carbonyl (C=O) groups is 1. The summed E-state index contributed by atoms with van der Waals surface area (Å²) in [4.78, 5) is 12.4. The molecule has 7 nitrogen and oxygen atoms in total. The van der Waals surface area contributed by atoms with Crippen LogP contribution in [-0.2, 0) is 10.0 Å². The van der Waals surface area contributed by atoms with E-state index >= 15 is 0 Å². The average molecular weight is 419 g/mol. The van der Waals surface area contributed by atoms with E-state index in [2.05, 4.69) is 15.1 Å². The predicted molar refractivity (Wildman–Crippen MR) is 107 cm³/mol. The molecule has 0 saturated heterocycles. The van der Waals surface area contributed by atoms with Crippen LogP contribution in [0.1, 0.15) is 16.2 Å². The van der Waals surface area contributed by atoms with Crippen molar-refractivity contribution < 1.29 is 13.2 Å². The van der Waals surface area contributed by atoms with Gasteiger partial charge in [0, 0.05) is 23.8 Å². The summed E-state index contributed by atoms with van der Waals surface area (Å²) in [5.41, 5.74) is 1.94. The second kappa shape index (κ2) is 8.55. The van der Waals surface area contributed by atoms with Gasteiger partial charge in [-0.2, -0.15) is 5.10 Å². The Hall–Kier alpha value is -2.68. The Morgan fingerprint density at radius 1 is 1.07 bits per heavy atom. The van der Waals surface area contributed by atoms with Crippen LogP contribution in [0.2, 0.25) is 5.02 Å². The first-order valence-electron chi connectivity index (χ1n) is 8.52. The summed E-state index contributed by atoms with van der Waals surface area (Å²) in [6.45, 7) is 2.02. The zero-order valence-corrected chi connectivity index (χ0v) is 16.7. The highest BCUT2D eigenvalue weighted by Crippen LogP contribution is 2.15. The molecule has 9 heteroatoms. The molecular formula is C19H19ClN4O3S. The summed E-state index contributed by atoms with van der Waals surface area (Å²) in [6, 6.07) is 17.1. The molecule has 0 atom stereocenters. The first kappa shape index (κ1) is 20.1. The molecule has 0 spiro atoms. The van der Waals surface area contributed by atoms with Gasteiger partial charge in [0.1, 0.15) is 0 Å². The second-order valence-corrected chi connectivity index (χ2v) is 8.23. The number of hydrogen-bond acceptors (Lipinski definition) is 4. The highest BCUT2D eigenvalue weighted by Gasteiger charge is 2.15. The number of aryl methyl sites for hydroxylation is 1. The Labute approximate surface area is 168 Å². The van der Waals surface area contributed by atoms with Gasteiger partial charge in [0.15, 0.2) is 5.69 Å². The lowest BCUT2D eigenvalue weighted by molar-refractivity contribution is 0.0949. The van der Waals surface area contributed by atoms with Gasteiger partial charge in [-0.05, 0) is 43.3 Å². The topological polar surface area (TPSA) is 93.1 Å². The van der Waals surface area contributed by atoms with Crippen LogP contribution in [0.15, 0.2) is 65.6 Å². The van der Waals surface area contributed by atoms with Gasteiger partial charge in [-0.15, -0.1) is 0 Å². The molecule has 0 radical (unpaired) electrons. The predicted octanol–water partition coefficient (Wildman–Crippen LogP) is 2.54. The van der Waals surface area contributed by atoms with E-state index in [0.29, 0.717) is 5.02 Å². The van der Waals surface area contributed by atoms with E-state index in [-0.39, 0.29) is 29.6 Å². The van der Waals surface area contributed by atoms with Gasteiger partial charge < -0.3 is 5.32 Å². The van der Waals surface area contributed by atoms with E-state index < -0.39 is 10.0 Å². The number of carbonyl (C=O) groups excluding carboxylic acids is 1.